The quantitative estimate of drug-likeness (QED) is 0.386. The molecule has 1 heterocycles. The highest BCUT2D eigenvalue weighted by Crippen LogP contribution is 2.08. The molecule has 0 unspecified atom stereocenters. The Labute approximate surface area is 150 Å². The number of hydrogen-bond acceptors (Lipinski definition) is 5. The van der Waals surface area contributed by atoms with Crippen molar-refractivity contribution in [3.05, 3.63) is 65.2 Å². The van der Waals surface area contributed by atoms with Crippen LogP contribution in [-0.2, 0) is 16.1 Å². The van der Waals surface area contributed by atoms with Gasteiger partial charge in [0, 0.05) is 24.7 Å². The fourth-order valence-electron chi connectivity index (χ4n) is 1.94. The van der Waals surface area contributed by atoms with Gasteiger partial charge in [0.2, 0.25) is 5.95 Å². The highest BCUT2D eigenvalue weighted by atomic mass is 19.1. The predicted octanol–water partition coefficient (Wildman–Crippen LogP) is 2.68. The number of amides is 1. The zero-order valence-corrected chi connectivity index (χ0v) is 14.1. The van der Waals surface area contributed by atoms with Gasteiger partial charge in [-0.3, -0.25) is 0 Å². The number of alkyl carbamates (subject to hydrolysis) is 1. The second-order valence-electron chi connectivity index (χ2n) is 5.09. The molecular formula is C19H17FN2O4. The van der Waals surface area contributed by atoms with Crippen molar-refractivity contribution in [2.24, 2.45) is 0 Å². The van der Waals surface area contributed by atoms with Crippen LogP contribution < -0.4 is 5.32 Å². The van der Waals surface area contributed by atoms with E-state index in [0.717, 1.165) is 12.7 Å². The molecule has 0 aliphatic carbocycles. The molecule has 0 saturated carbocycles. The van der Waals surface area contributed by atoms with Crippen LogP contribution in [0.4, 0.5) is 9.18 Å². The summed E-state index contributed by atoms with van der Waals surface area (Å²) in [5.41, 5.74) is 0.994. The van der Waals surface area contributed by atoms with Crippen LogP contribution in [0.2, 0.25) is 0 Å². The van der Waals surface area contributed by atoms with Crippen molar-refractivity contribution in [3.8, 4) is 11.8 Å². The molecule has 7 heteroatoms. The molecule has 1 N–H and O–H groups in total. The van der Waals surface area contributed by atoms with E-state index >= 15 is 0 Å². The first-order valence-corrected chi connectivity index (χ1v) is 7.77. The van der Waals surface area contributed by atoms with Gasteiger partial charge in [-0.1, -0.05) is 42.2 Å². The third-order valence-corrected chi connectivity index (χ3v) is 3.21. The normalized spacial score (nSPS) is 9.62. The van der Waals surface area contributed by atoms with Gasteiger partial charge in [-0.25, -0.2) is 14.6 Å². The van der Waals surface area contributed by atoms with E-state index in [1.54, 1.807) is 0 Å². The standard InChI is InChI=1S/C19H17FN2O4/c1-25-18(23)16-11-15(12-22-17(16)20)9-5-6-10-21-19(24)26-13-14-7-3-2-4-8-14/h2-4,7-8,11-12H,6,10,13H2,1H3,(H,21,24). The van der Waals surface area contributed by atoms with Crippen LogP contribution in [0.3, 0.4) is 0 Å². The van der Waals surface area contributed by atoms with E-state index in [9.17, 15) is 14.0 Å². The predicted molar refractivity (Wildman–Crippen MR) is 91.7 cm³/mol. The number of carbonyl (C=O) groups is 2. The Hall–Kier alpha value is -3.40. The van der Waals surface area contributed by atoms with Gasteiger partial charge in [0.1, 0.15) is 12.2 Å². The topological polar surface area (TPSA) is 77.5 Å². The first kappa shape index (κ1) is 18.9. The number of halogens is 1. The maximum Gasteiger partial charge on any atom is 0.407 e. The third-order valence-electron chi connectivity index (χ3n) is 3.21. The number of rotatable bonds is 5. The molecule has 0 aliphatic heterocycles. The second-order valence-corrected chi connectivity index (χ2v) is 5.09. The SMILES string of the molecule is COC(=O)c1cc(C#CCCNC(=O)OCc2ccccc2)cnc1F. The number of aromatic nitrogens is 1. The molecule has 1 aromatic heterocycles. The zero-order chi connectivity index (χ0) is 18.8. The molecule has 1 aromatic carbocycles. The molecule has 6 nitrogen and oxygen atoms in total. The van der Waals surface area contributed by atoms with Crippen LogP contribution in [0.25, 0.3) is 0 Å². The lowest BCUT2D eigenvalue weighted by Crippen LogP contribution is -2.24. The van der Waals surface area contributed by atoms with Crippen LogP contribution in [0.5, 0.6) is 0 Å². The molecule has 0 radical (unpaired) electrons. The van der Waals surface area contributed by atoms with Crippen LogP contribution in [-0.4, -0.2) is 30.7 Å². The fraction of sp³-hybridized carbons (Fsp3) is 0.211. The lowest BCUT2D eigenvalue weighted by atomic mass is 10.2. The fourth-order valence-corrected chi connectivity index (χ4v) is 1.94. The molecule has 2 aromatic rings. The summed E-state index contributed by atoms with van der Waals surface area (Å²) >= 11 is 0. The largest absolute Gasteiger partial charge is 0.465 e. The monoisotopic (exact) mass is 356 g/mol. The second kappa shape index (κ2) is 9.79. The van der Waals surface area contributed by atoms with Gasteiger partial charge in [-0.2, -0.15) is 4.39 Å². The molecular weight excluding hydrogens is 339 g/mol. The van der Waals surface area contributed by atoms with Gasteiger partial charge < -0.3 is 14.8 Å². The van der Waals surface area contributed by atoms with E-state index in [1.165, 1.54) is 12.3 Å². The zero-order valence-electron chi connectivity index (χ0n) is 14.1. The van der Waals surface area contributed by atoms with E-state index in [0.29, 0.717) is 18.5 Å². The number of benzene rings is 1. The maximum absolute atomic E-state index is 13.4. The van der Waals surface area contributed by atoms with Crippen LogP contribution in [0, 0.1) is 17.8 Å². The summed E-state index contributed by atoms with van der Waals surface area (Å²) in [4.78, 5) is 26.4. The summed E-state index contributed by atoms with van der Waals surface area (Å²) in [5.74, 6) is 3.81. The van der Waals surface area contributed by atoms with Crippen molar-refractivity contribution in [2.45, 2.75) is 13.0 Å². The average Bonchev–Trinajstić information content (AvgIpc) is 2.67. The number of methoxy groups -OCH3 is 1. The highest BCUT2D eigenvalue weighted by Gasteiger charge is 2.13. The maximum atomic E-state index is 13.4. The van der Waals surface area contributed by atoms with Crippen molar-refractivity contribution in [2.75, 3.05) is 13.7 Å². The smallest absolute Gasteiger partial charge is 0.407 e. The lowest BCUT2D eigenvalue weighted by molar-refractivity contribution is 0.0594. The summed E-state index contributed by atoms with van der Waals surface area (Å²) < 4.78 is 22.9. The molecule has 0 saturated heterocycles. The summed E-state index contributed by atoms with van der Waals surface area (Å²) in [7, 11) is 1.16. The number of carbonyl (C=O) groups excluding carboxylic acids is 2. The summed E-state index contributed by atoms with van der Waals surface area (Å²) in [6.45, 7) is 0.481. The van der Waals surface area contributed by atoms with Gasteiger partial charge in [0.05, 0.1) is 7.11 Å². The van der Waals surface area contributed by atoms with Crippen LogP contribution >= 0.6 is 0 Å². The average molecular weight is 356 g/mol. The molecule has 0 atom stereocenters. The van der Waals surface area contributed by atoms with E-state index in [-0.39, 0.29) is 12.2 Å². The Morgan fingerprint density at radius 1 is 1.27 bits per heavy atom. The molecule has 26 heavy (non-hydrogen) atoms. The Morgan fingerprint density at radius 3 is 2.77 bits per heavy atom. The van der Waals surface area contributed by atoms with Gasteiger partial charge in [-0.05, 0) is 11.6 Å². The molecule has 0 fully saturated rings. The minimum Gasteiger partial charge on any atom is -0.465 e. The van der Waals surface area contributed by atoms with Crippen LogP contribution in [0.15, 0.2) is 42.6 Å². The first-order chi connectivity index (χ1) is 12.6. The minimum atomic E-state index is -0.912. The molecule has 0 spiro atoms. The van der Waals surface area contributed by atoms with Crippen molar-refractivity contribution < 1.29 is 23.5 Å². The number of pyridine rings is 1. The minimum absolute atomic E-state index is 0.190. The van der Waals surface area contributed by atoms with Gasteiger partial charge >= 0.3 is 12.1 Å². The molecule has 2 rings (SSSR count). The summed E-state index contributed by atoms with van der Waals surface area (Å²) in [6, 6.07) is 10.6. The molecule has 134 valence electrons. The van der Waals surface area contributed by atoms with Crippen molar-refractivity contribution in [1.82, 2.24) is 10.3 Å². The number of ether oxygens (including phenoxy) is 2. The summed E-state index contributed by atoms with van der Waals surface area (Å²) in [5, 5.41) is 2.57. The molecule has 1 amide bonds. The third kappa shape index (κ3) is 5.91. The van der Waals surface area contributed by atoms with Crippen molar-refractivity contribution in [1.29, 1.82) is 0 Å². The van der Waals surface area contributed by atoms with E-state index in [1.807, 2.05) is 30.3 Å². The van der Waals surface area contributed by atoms with Crippen molar-refractivity contribution in [3.63, 3.8) is 0 Å². The van der Waals surface area contributed by atoms with Crippen molar-refractivity contribution >= 4 is 12.1 Å². The highest BCUT2D eigenvalue weighted by molar-refractivity contribution is 5.89. The Kier molecular flexibility index (Phi) is 7.13. The number of nitrogens with zero attached hydrogens (tertiary/aromatic N) is 1. The van der Waals surface area contributed by atoms with Gasteiger partial charge in [0.15, 0.2) is 0 Å². The number of nitrogens with one attached hydrogen (secondary N) is 1. The van der Waals surface area contributed by atoms with Crippen LogP contribution in [0.1, 0.15) is 27.9 Å². The summed E-state index contributed by atoms with van der Waals surface area (Å²) in [6.07, 6.45) is 1.04. The van der Waals surface area contributed by atoms with Gasteiger partial charge in [-0.15, -0.1) is 0 Å². The Morgan fingerprint density at radius 2 is 2.04 bits per heavy atom. The first-order valence-electron chi connectivity index (χ1n) is 7.77. The molecule has 0 aliphatic rings. The van der Waals surface area contributed by atoms with Gasteiger partial charge in [0.25, 0.3) is 0 Å². The Balaban J connectivity index is 1.76. The van der Waals surface area contributed by atoms with E-state index < -0.39 is 18.0 Å². The number of esters is 1. The number of hydrogen-bond donors (Lipinski definition) is 1. The Bertz CT molecular complexity index is 828. The molecule has 0 bridgehead atoms. The van der Waals surface area contributed by atoms with E-state index in [4.69, 9.17) is 4.74 Å². The lowest BCUT2D eigenvalue weighted by Gasteiger charge is -2.05. The van der Waals surface area contributed by atoms with E-state index in [2.05, 4.69) is 26.9 Å².